The van der Waals surface area contributed by atoms with Crippen LogP contribution in [0.2, 0.25) is 0 Å². The third-order valence-corrected chi connectivity index (χ3v) is 6.92. The molecule has 0 spiro atoms. The Morgan fingerprint density at radius 1 is 1.28 bits per heavy atom. The fraction of sp³-hybridized carbons (Fsp3) is 0.609. The van der Waals surface area contributed by atoms with Crippen LogP contribution in [0.4, 0.5) is 0 Å². The summed E-state index contributed by atoms with van der Waals surface area (Å²) in [7, 11) is 1.33. The minimum Gasteiger partial charge on any atom is -0.466 e. The molecule has 0 aromatic heterocycles. The molecule has 0 unspecified atom stereocenters. The number of allylic oxidation sites excluding steroid dienone is 4. The summed E-state index contributed by atoms with van der Waals surface area (Å²) in [6.07, 6.45) is 10.5. The molecule has 4 atom stereocenters. The van der Waals surface area contributed by atoms with E-state index in [9.17, 15) is 14.4 Å². The first-order valence-corrected chi connectivity index (χ1v) is 10.1. The van der Waals surface area contributed by atoms with E-state index >= 15 is 0 Å². The van der Waals surface area contributed by atoms with Crippen molar-refractivity contribution in [3.63, 3.8) is 0 Å². The Kier molecular flexibility index (Phi) is 5.50. The lowest BCUT2D eigenvalue weighted by Gasteiger charge is -2.54. The van der Waals surface area contributed by atoms with Crippen LogP contribution in [-0.2, 0) is 28.6 Å². The summed E-state index contributed by atoms with van der Waals surface area (Å²) in [6, 6.07) is 0. The summed E-state index contributed by atoms with van der Waals surface area (Å²) in [6.45, 7) is 6.97. The number of methoxy groups -OCH3 is 1. The average molecular weight is 402 g/mol. The summed E-state index contributed by atoms with van der Waals surface area (Å²) < 4.78 is 16.7. The van der Waals surface area contributed by atoms with Crippen LogP contribution in [0.1, 0.15) is 59.8 Å². The van der Waals surface area contributed by atoms with Gasteiger partial charge in [-0.3, -0.25) is 9.59 Å². The fourth-order valence-electron chi connectivity index (χ4n) is 5.41. The summed E-state index contributed by atoms with van der Waals surface area (Å²) in [5.74, 6) is -1.25. The van der Waals surface area contributed by atoms with E-state index in [0.29, 0.717) is 24.8 Å². The van der Waals surface area contributed by atoms with Crippen molar-refractivity contribution in [2.75, 3.05) is 7.11 Å². The van der Waals surface area contributed by atoms with E-state index in [-0.39, 0.29) is 17.9 Å². The molecule has 0 N–H and O–H groups in total. The number of ether oxygens (including phenoxy) is 3. The molecule has 2 aliphatic carbocycles. The number of rotatable bonds is 4. The molecule has 29 heavy (non-hydrogen) atoms. The van der Waals surface area contributed by atoms with Gasteiger partial charge in [0.2, 0.25) is 0 Å². The Bertz CT molecular complexity index is 821. The predicted octanol–water partition coefficient (Wildman–Crippen LogP) is 3.81. The molecule has 6 heteroatoms. The highest BCUT2D eigenvalue weighted by atomic mass is 16.6. The largest absolute Gasteiger partial charge is 0.466 e. The fourth-order valence-corrected chi connectivity index (χ4v) is 5.41. The van der Waals surface area contributed by atoms with Gasteiger partial charge < -0.3 is 14.2 Å². The SMILES string of the molecule is COC(=O)/C(C)=C/C=C/[C@@]1(C)OC(=O)[C@]23CC=C(C)CC[C@]2(OC(C)=O)[C@H]1CC3. The van der Waals surface area contributed by atoms with Crippen molar-refractivity contribution in [1.82, 2.24) is 0 Å². The molecule has 0 amide bonds. The van der Waals surface area contributed by atoms with Crippen LogP contribution in [0.25, 0.3) is 0 Å². The van der Waals surface area contributed by atoms with Crippen LogP contribution in [0.15, 0.2) is 35.5 Å². The number of cyclic esters (lactones) is 1. The molecule has 0 aromatic rings. The second kappa shape index (κ2) is 7.47. The van der Waals surface area contributed by atoms with Crippen molar-refractivity contribution >= 4 is 17.9 Å². The zero-order valence-corrected chi connectivity index (χ0v) is 17.9. The normalized spacial score (nSPS) is 36.7. The molecule has 1 saturated heterocycles. The van der Waals surface area contributed by atoms with Gasteiger partial charge >= 0.3 is 17.9 Å². The zero-order chi connectivity index (χ0) is 21.4. The van der Waals surface area contributed by atoms with Crippen molar-refractivity contribution in [2.45, 2.75) is 71.0 Å². The van der Waals surface area contributed by atoms with Crippen LogP contribution in [0.3, 0.4) is 0 Å². The Morgan fingerprint density at radius 3 is 2.66 bits per heavy atom. The van der Waals surface area contributed by atoms with Gasteiger partial charge in [-0.15, -0.1) is 0 Å². The molecule has 3 rings (SSSR count). The van der Waals surface area contributed by atoms with Gasteiger partial charge in [0.25, 0.3) is 0 Å². The van der Waals surface area contributed by atoms with Crippen LogP contribution >= 0.6 is 0 Å². The number of carbonyl (C=O) groups is 3. The predicted molar refractivity (Wildman–Crippen MR) is 107 cm³/mol. The first-order valence-electron chi connectivity index (χ1n) is 10.1. The van der Waals surface area contributed by atoms with E-state index in [2.05, 4.69) is 6.08 Å². The minimum absolute atomic E-state index is 0.154. The molecule has 6 nitrogen and oxygen atoms in total. The molecule has 3 aliphatic rings. The van der Waals surface area contributed by atoms with Gasteiger partial charge in [0, 0.05) is 18.4 Å². The van der Waals surface area contributed by atoms with E-state index in [0.717, 1.165) is 12.8 Å². The minimum atomic E-state index is -0.933. The van der Waals surface area contributed by atoms with Gasteiger partial charge in [-0.25, -0.2) is 4.79 Å². The summed E-state index contributed by atoms with van der Waals surface area (Å²) in [4.78, 5) is 37.1. The zero-order valence-electron chi connectivity index (χ0n) is 17.9. The maximum absolute atomic E-state index is 13.4. The van der Waals surface area contributed by atoms with Crippen molar-refractivity contribution < 1.29 is 28.6 Å². The summed E-state index contributed by atoms with van der Waals surface area (Å²) in [5, 5.41) is 0. The van der Waals surface area contributed by atoms with Crippen molar-refractivity contribution in [3.8, 4) is 0 Å². The molecule has 2 fully saturated rings. The van der Waals surface area contributed by atoms with Gasteiger partial charge in [-0.2, -0.15) is 0 Å². The van der Waals surface area contributed by atoms with Crippen LogP contribution in [0.5, 0.6) is 0 Å². The topological polar surface area (TPSA) is 78.9 Å². The van der Waals surface area contributed by atoms with E-state index in [1.54, 1.807) is 25.2 Å². The van der Waals surface area contributed by atoms with Gasteiger partial charge in [-0.1, -0.05) is 23.8 Å². The van der Waals surface area contributed by atoms with Gasteiger partial charge in [0.15, 0.2) is 0 Å². The number of esters is 3. The van der Waals surface area contributed by atoms with Crippen molar-refractivity contribution in [1.29, 1.82) is 0 Å². The smallest absolute Gasteiger partial charge is 0.333 e. The van der Waals surface area contributed by atoms with Gasteiger partial charge in [0.1, 0.15) is 16.6 Å². The third-order valence-electron chi connectivity index (χ3n) is 6.92. The number of hydrogen-bond donors (Lipinski definition) is 0. The molecular formula is C23H30O6. The standard InChI is InChI=1S/C23H30O6/c1-15-8-12-22-13-10-18(23(22,14-9-15)28-17(3)24)21(4,29-20(22)26)11-6-7-16(2)19(25)27-5/h6-8,11,18H,9-10,12-14H2,1-5H3/b11-6+,16-7+/t18-,21+,22+,23-/m0/s1. The Hall–Kier alpha value is -2.37. The quantitative estimate of drug-likeness (QED) is 0.234. The molecular weight excluding hydrogens is 372 g/mol. The average Bonchev–Trinajstić information content (AvgIpc) is 2.83. The molecule has 0 radical (unpaired) electrons. The summed E-state index contributed by atoms with van der Waals surface area (Å²) >= 11 is 0. The molecule has 1 saturated carbocycles. The van der Waals surface area contributed by atoms with Crippen molar-refractivity contribution in [3.05, 3.63) is 35.5 Å². The summed E-state index contributed by atoms with van der Waals surface area (Å²) in [5.41, 5.74) is -1.00. The van der Waals surface area contributed by atoms with Crippen LogP contribution in [-0.4, -0.2) is 36.2 Å². The van der Waals surface area contributed by atoms with Crippen molar-refractivity contribution in [2.24, 2.45) is 11.3 Å². The second-order valence-corrected chi connectivity index (χ2v) is 8.68. The molecule has 1 heterocycles. The van der Waals surface area contributed by atoms with E-state index < -0.39 is 22.6 Å². The van der Waals surface area contributed by atoms with Gasteiger partial charge in [0.05, 0.1) is 7.11 Å². The third kappa shape index (κ3) is 3.32. The first kappa shape index (κ1) is 21.3. The first-order chi connectivity index (χ1) is 13.6. The molecule has 0 aromatic carbocycles. The van der Waals surface area contributed by atoms with E-state index in [4.69, 9.17) is 14.2 Å². The Labute approximate surface area is 172 Å². The maximum Gasteiger partial charge on any atom is 0.333 e. The highest BCUT2D eigenvalue weighted by Crippen LogP contribution is 2.65. The Balaban J connectivity index is 2.03. The van der Waals surface area contributed by atoms with E-state index in [1.165, 1.54) is 19.6 Å². The van der Waals surface area contributed by atoms with Gasteiger partial charge in [-0.05, 0) is 59.0 Å². The number of carbonyl (C=O) groups excluding carboxylic acids is 3. The lowest BCUT2D eigenvalue weighted by Crippen LogP contribution is -2.65. The number of hydrogen-bond acceptors (Lipinski definition) is 6. The second-order valence-electron chi connectivity index (χ2n) is 8.68. The lowest BCUT2D eigenvalue weighted by molar-refractivity contribution is -0.235. The highest BCUT2D eigenvalue weighted by Gasteiger charge is 2.74. The molecule has 2 bridgehead atoms. The lowest BCUT2D eigenvalue weighted by atomic mass is 9.62. The Morgan fingerprint density at radius 2 is 2.00 bits per heavy atom. The molecule has 1 aliphatic heterocycles. The van der Waals surface area contributed by atoms with Crippen LogP contribution < -0.4 is 0 Å². The van der Waals surface area contributed by atoms with E-state index in [1.807, 2.05) is 13.8 Å². The maximum atomic E-state index is 13.4. The highest BCUT2D eigenvalue weighted by molar-refractivity contribution is 5.88. The molecule has 158 valence electrons. The monoisotopic (exact) mass is 402 g/mol. The van der Waals surface area contributed by atoms with Crippen LogP contribution in [0, 0.1) is 11.3 Å².